The van der Waals surface area contributed by atoms with Gasteiger partial charge in [0.05, 0.1) is 0 Å². The molecule has 0 saturated carbocycles. The first-order valence-electron chi connectivity index (χ1n) is 6.73. The monoisotopic (exact) mass is 289 g/mol. The standard InChI is InChI=1S/C16H11N5O/c1-2-4-14(5-3-1)22-16-17-8-13(9-18-16)12-6-7-15-20-19-11-21(15)10-12/h1-11H. The average molecular weight is 289 g/mol. The minimum atomic E-state index is 0.320. The predicted octanol–water partition coefficient (Wildman–Crippen LogP) is 2.98. The first-order chi connectivity index (χ1) is 10.9. The van der Waals surface area contributed by atoms with Crippen LogP contribution in [0, 0.1) is 0 Å². The molecule has 0 bridgehead atoms. The summed E-state index contributed by atoms with van der Waals surface area (Å²) in [4.78, 5) is 8.49. The Morgan fingerprint density at radius 1 is 0.864 bits per heavy atom. The van der Waals surface area contributed by atoms with Gasteiger partial charge >= 0.3 is 6.01 Å². The molecule has 0 aliphatic heterocycles. The lowest BCUT2D eigenvalue weighted by Crippen LogP contribution is -1.92. The Morgan fingerprint density at radius 3 is 2.50 bits per heavy atom. The maximum Gasteiger partial charge on any atom is 0.321 e. The highest BCUT2D eigenvalue weighted by atomic mass is 16.5. The molecule has 4 rings (SSSR count). The average Bonchev–Trinajstić information content (AvgIpc) is 3.04. The normalized spacial score (nSPS) is 10.7. The minimum Gasteiger partial charge on any atom is -0.424 e. The van der Waals surface area contributed by atoms with Gasteiger partial charge in [0.2, 0.25) is 0 Å². The highest BCUT2D eigenvalue weighted by Crippen LogP contribution is 2.21. The Bertz CT molecular complexity index is 903. The van der Waals surface area contributed by atoms with Crippen LogP contribution in [0.3, 0.4) is 0 Å². The number of ether oxygens (including phenoxy) is 1. The third kappa shape index (κ3) is 2.37. The van der Waals surface area contributed by atoms with Crippen LogP contribution in [0.25, 0.3) is 16.8 Å². The molecule has 0 atom stereocenters. The van der Waals surface area contributed by atoms with Crippen molar-refractivity contribution in [3.05, 3.63) is 67.4 Å². The summed E-state index contributed by atoms with van der Waals surface area (Å²) in [5, 5.41) is 7.83. The Kier molecular flexibility index (Phi) is 2.97. The van der Waals surface area contributed by atoms with Crippen molar-refractivity contribution in [1.29, 1.82) is 0 Å². The van der Waals surface area contributed by atoms with Crippen LogP contribution in [0.5, 0.6) is 11.8 Å². The van der Waals surface area contributed by atoms with Crippen LogP contribution >= 0.6 is 0 Å². The fourth-order valence-electron chi connectivity index (χ4n) is 2.11. The summed E-state index contributed by atoms with van der Waals surface area (Å²) in [7, 11) is 0. The number of aromatic nitrogens is 5. The SMILES string of the molecule is c1ccc(Oc2ncc(-c3ccc4nncn4c3)cn2)cc1. The quantitative estimate of drug-likeness (QED) is 0.580. The number of benzene rings is 1. The summed E-state index contributed by atoms with van der Waals surface area (Å²) >= 11 is 0. The third-order valence-corrected chi connectivity index (χ3v) is 3.20. The predicted molar refractivity (Wildman–Crippen MR) is 80.5 cm³/mol. The van der Waals surface area contributed by atoms with Crippen LogP contribution < -0.4 is 4.74 Å². The van der Waals surface area contributed by atoms with E-state index < -0.39 is 0 Å². The summed E-state index contributed by atoms with van der Waals surface area (Å²) in [6.45, 7) is 0. The van der Waals surface area contributed by atoms with Gasteiger partial charge in [-0.05, 0) is 24.3 Å². The molecule has 0 radical (unpaired) electrons. The van der Waals surface area contributed by atoms with Crippen molar-refractivity contribution in [2.45, 2.75) is 0 Å². The number of rotatable bonds is 3. The number of pyridine rings is 1. The van der Waals surface area contributed by atoms with E-state index in [9.17, 15) is 0 Å². The van der Waals surface area contributed by atoms with Gasteiger partial charge in [0.1, 0.15) is 12.1 Å². The zero-order valence-corrected chi connectivity index (χ0v) is 11.5. The van der Waals surface area contributed by atoms with Crippen molar-refractivity contribution >= 4 is 5.65 Å². The van der Waals surface area contributed by atoms with Crippen molar-refractivity contribution in [2.24, 2.45) is 0 Å². The van der Waals surface area contributed by atoms with Gasteiger partial charge < -0.3 is 4.74 Å². The number of hydrogen-bond donors (Lipinski definition) is 0. The molecular weight excluding hydrogens is 278 g/mol. The number of fused-ring (bicyclic) bond motifs is 1. The summed E-state index contributed by atoms with van der Waals surface area (Å²) in [6, 6.07) is 13.6. The molecule has 106 valence electrons. The molecule has 0 aliphatic carbocycles. The van der Waals surface area contributed by atoms with E-state index in [0.29, 0.717) is 11.8 Å². The topological polar surface area (TPSA) is 65.2 Å². The first kappa shape index (κ1) is 12.5. The highest BCUT2D eigenvalue weighted by Gasteiger charge is 2.04. The van der Waals surface area contributed by atoms with Gasteiger partial charge in [-0.2, -0.15) is 0 Å². The molecule has 3 heterocycles. The third-order valence-electron chi connectivity index (χ3n) is 3.20. The Morgan fingerprint density at radius 2 is 1.68 bits per heavy atom. The second-order valence-electron chi connectivity index (χ2n) is 4.68. The highest BCUT2D eigenvalue weighted by molar-refractivity contribution is 5.62. The molecule has 6 nitrogen and oxygen atoms in total. The molecule has 0 aliphatic rings. The van der Waals surface area contributed by atoms with Crippen molar-refractivity contribution in [1.82, 2.24) is 24.6 Å². The van der Waals surface area contributed by atoms with Crippen LogP contribution in [0.1, 0.15) is 0 Å². The lowest BCUT2D eigenvalue weighted by Gasteiger charge is -2.05. The minimum absolute atomic E-state index is 0.320. The first-order valence-corrected chi connectivity index (χ1v) is 6.73. The van der Waals surface area contributed by atoms with Gasteiger partial charge in [0.25, 0.3) is 0 Å². The smallest absolute Gasteiger partial charge is 0.321 e. The van der Waals surface area contributed by atoms with Crippen LogP contribution in [-0.4, -0.2) is 24.6 Å². The van der Waals surface area contributed by atoms with E-state index in [4.69, 9.17) is 4.74 Å². The summed E-state index contributed by atoms with van der Waals surface area (Å²) in [6.07, 6.45) is 7.06. The van der Waals surface area contributed by atoms with Gasteiger partial charge in [-0.25, -0.2) is 9.97 Å². The second-order valence-corrected chi connectivity index (χ2v) is 4.68. The van der Waals surface area contributed by atoms with Crippen LogP contribution in [0.2, 0.25) is 0 Å². The molecule has 0 unspecified atom stereocenters. The second kappa shape index (κ2) is 5.25. The molecule has 4 aromatic rings. The Labute approximate surface area is 126 Å². The molecule has 3 aromatic heterocycles. The molecule has 1 aromatic carbocycles. The number of para-hydroxylation sites is 1. The number of hydrogen-bond acceptors (Lipinski definition) is 5. The van der Waals surface area contributed by atoms with E-state index in [0.717, 1.165) is 16.8 Å². The van der Waals surface area contributed by atoms with Gasteiger partial charge in [-0.15, -0.1) is 10.2 Å². The number of nitrogens with zero attached hydrogens (tertiary/aromatic N) is 5. The van der Waals surface area contributed by atoms with Crippen molar-refractivity contribution in [3.63, 3.8) is 0 Å². The fraction of sp³-hybridized carbons (Fsp3) is 0. The molecule has 0 spiro atoms. The maximum atomic E-state index is 5.58. The van der Waals surface area contributed by atoms with E-state index in [-0.39, 0.29) is 0 Å². The van der Waals surface area contributed by atoms with Crippen LogP contribution in [0.15, 0.2) is 67.4 Å². The van der Waals surface area contributed by atoms with Crippen LogP contribution in [0.4, 0.5) is 0 Å². The van der Waals surface area contributed by atoms with Gasteiger partial charge in [0.15, 0.2) is 5.65 Å². The summed E-state index contributed by atoms with van der Waals surface area (Å²) < 4.78 is 7.43. The van der Waals surface area contributed by atoms with Crippen molar-refractivity contribution in [3.8, 4) is 22.9 Å². The van der Waals surface area contributed by atoms with E-state index in [1.165, 1.54) is 0 Å². The molecule has 0 fully saturated rings. The van der Waals surface area contributed by atoms with E-state index in [1.54, 1.807) is 18.7 Å². The summed E-state index contributed by atoms with van der Waals surface area (Å²) in [5.41, 5.74) is 2.68. The molecule has 0 saturated heterocycles. The van der Waals surface area contributed by atoms with Crippen molar-refractivity contribution < 1.29 is 4.74 Å². The zero-order valence-electron chi connectivity index (χ0n) is 11.5. The zero-order chi connectivity index (χ0) is 14.8. The van der Waals surface area contributed by atoms with Crippen LogP contribution in [-0.2, 0) is 0 Å². The lowest BCUT2D eigenvalue weighted by molar-refractivity contribution is 0.442. The molecule has 0 amide bonds. The van der Waals surface area contributed by atoms with Crippen molar-refractivity contribution in [2.75, 3.05) is 0 Å². The lowest BCUT2D eigenvalue weighted by atomic mass is 10.1. The molecule has 22 heavy (non-hydrogen) atoms. The summed E-state index contributed by atoms with van der Waals surface area (Å²) in [5.74, 6) is 0.709. The fourth-order valence-corrected chi connectivity index (χ4v) is 2.11. The van der Waals surface area contributed by atoms with Gasteiger partial charge in [-0.1, -0.05) is 18.2 Å². The Hall–Kier alpha value is -3.28. The Balaban J connectivity index is 1.61. The van der Waals surface area contributed by atoms with E-state index in [2.05, 4.69) is 20.2 Å². The van der Waals surface area contributed by atoms with Gasteiger partial charge in [0, 0.05) is 29.7 Å². The molecular formula is C16H11N5O. The molecule has 6 heteroatoms. The maximum absolute atomic E-state index is 5.58. The van der Waals surface area contributed by atoms with E-state index >= 15 is 0 Å². The largest absolute Gasteiger partial charge is 0.424 e. The van der Waals surface area contributed by atoms with E-state index in [1.807, 2.05) is 53.1 Å². The van der Waals surface area contributed by atoms with Gasteiger partial charge in [-0.3, -0.25) is 4.40 Å². The molecule has 0 N–H and O–H groups in total.